The zero-order valence-corrected chi connectivity index (χ0v) is 15.8. The Labute approximate surface area is 161 Å². The summed E-state index contributed by atoms with van der Waals surface area (Å²) >= 11 is 6.27. The molecule has 0 N–H and O–H groups in total. The minimum atomic E-state index is -0.0371. The third-order valence-electron chi connectivity index (χ3n) is 4.69. The molecule has 0 aliphatic heterocycles. The number of tetrazole rings is 1. The lowest BCUT2D eigenvalue weighted by molar-refractivity contribution is -0.130. The van der Waals surface area contributed by atoms with Crippen molar-refractivity contribution in [1.82, 2.24) is 24.9 Å². The number of para-hydroxylation sites is 1. The molecule has 2 aromatic heterocycles. The van der Waals surface area contributed by atoms with Gasteiger partial charge in [0.25, 0.3) is 0 Å². The molecule has 2 heterocycles. The second-order valence-corrected chi connectivity index (χ2v) is 6.97. The highest BCUT2D eigenvalue weighted by atomic mass is 35.5. The second kappa shape index (κ2) is 6.96. The normalized spacial score (nSPS) is 11.2. The zero-order chi connectivity index (χ0) is 19.0. The lowest BCUT2D eigenvalue weighted by Gasteiger charge is -2.22. The molecule has 2 aromatic carbocycles. The Bertz CT molecular complexity index is 1150. The van der Waals surface area contributed by atoms with Crippen LogP contribution in [-0.2, 0) is 17.9 Å². The van der Waals surface area contributed by atoms with Crippen LogP contribution in [0.4, 0.5) is 0 Å². The van der Waals surface area contributed by atoms with Gasteiger partial charge in [-0.05, 0) is 40.6 Å². The van der Waals surface area contributed by atoms with Crippen molar-refractivity contribution in [2.75, 3.05) is 0 Å². The lowest BCUT2D eigenvalue weighted by atomic mass is 10.1. The first kappa shape index (κ1) is 17.4. The topological polar surface area (TPSA) is 63.4 Å². The van der Waals surface area contributed by atoms with E-state index in [0.717, 1.165) is 27.6 Å². The molecule has 0 saturated carbocycles. The third kappa shape index (κ3) is 3.24. The van der Waals surface area contributed by atoms with Crippen LogP contribution >= 0.6 is 11.6 Å². The maximum atomic E-state index is 12.3. The number of nitrogens with zero attached hydrogens (tertiary/aromatic N) is 5. The van der Waals surface area contributed by atoms with E-state index in [0.29, 0.717) is 23.8 Å². The number of carbonyl (C=O) groups excluding carboxylic acids is 1. The van der Waals surface area contributed by atoms with Crippen LogP contribution in [0.5, 0.6) is 0 Å². The van der Waals surface area contributed by atoms with Crippen LogP contribution in [0.2, 0.25) is 5.02 Å². The summed E-state index contributed by atoms with van der Waals surface area (Å²) in [6.07, 6.45) is 0. The van der Waals surface area contributed by atoms with E-state index in [1.54, 1.807) is 16.3 Å². The smallest absolute Gasteiger partial charge is 0.220 e. The molecule has 27 heavy (non-hydrogen) atoms. The van der Waals surface area contributed by atoms with E-state index >= 15 is 0 Å². The Morgan fingerprint density at radius 3 is 2.67 bits per heavy atom. The summed E-state index contributed by atoms with van der Waals surface area (Å²) in [7, 11) is 0. The van der Waals surface area contributed by atoms with Crippen LogP contribution in [0.3, 0.4) is 0 Å². The van der Waals surface area contributed by atoms with Crippen LogP contribution in [0.1, 0.15) is 23.6 Å². The highest BCUT2D eigenvalue weighted by Gasteiger charge is 2.17. The maximum absolute atomic E-state index is 12.3. The number of aromatic nitrogens is 4. The van der Waals surface area contributed by atoms with Gasteiger partial charge < -0.3 is 4.90 Å². The van der Waals surface area contributed by atoms with Gasteiger partial charge in [-0.3, -0.25) is 4.79 Å². The fourth-order valence-electron chi connectivity index (χ4n) is 3.31. The molecule has 0 aliphatic carbocycles. The number of amides is 1. The van der Waals surface area contributed by atoms with Crippen LogP contribution in [0.25, 0.3) is 16.6 Å². The number of halogens is 1. The summed E-state index contributed by atoms with van der Waals surface area (Å²) in [4.78, 5) is 14.0. The van der Waals surface area contributed by atoms with Gasteiger partial charge in [0.05, 0.1) is 5.52 Å². The third-order valence-corrected chi connectivity index (χ3v) is 5.06. The molecular formula is C20H18ClN5O. The Morgan fingerprint density at radius 2 is 1.89 bits per heavy atom. The number of carbonyl (C=O) groups is 1. The molecule has 0 spiro atoms. The van der Waals surface area contributed by atoms with E-state index in [-0.39, 0.29) is 5.91 Å². The minimum Gasteiger partial charge on any atom is -0.334 e. The van der Waals surface area contributed by atoms with Crippen molar-refractivity contribution < 1.29 is 4.79 Å². The largest absolute Gasteiger partial charge is 0.334 e. The van der Waals surface area contributed by atoms with Crippen molar-refractivity contribution >= 4 is 34.1 Å². The molecule has 0 bridgehead atoms. The molecule has 0 fully saturated rings. The fourth-order valence-corrected chi connectivity index (χ4v) is 3.51. The molecule has 4 rings (SSSR count). The number of hydrogen-bond donors (Lipinski definition) is 0. The summed E-state index contributed by atoms with van der Waals surface area (Å²) in [5, 5.41) is 13.9. The number of aryl methyl sites for hydroxylation is 1. The monoisotopic (exact) mass is 379 g/mol. The summed E-state index contributed by atoms with van der Waals surface area (Å²) in [5.41, 5.74) is 4.52. The number of hydrogen-bond acceptors (Lipinski definition) is 4. The van der Waals surface area contributed by atoms with Gasteiger partial charge in [-0.25, -0.2) is 0 Å². The zero-order valence-electron chi connectivity index (χ0n) is 15.1. The molecule has 4 aromatic rings. The first-order chi connectivity index (χ1) is 13.0. The van der Waals surface area contributed by atoms with Gasteiger partial charge in [-0.2, -0.15) is 4.52 Å². The first-order valence-corrected chi connectivity index (χ1v) is 9.00. The summed E-state index contributed by atoms with van der Waals surface area (Å²) in [6, 6.07) is 15.7. The van der Waals surface area contributed by atoms with Crippen molar-refractivity contribution in [2.24, 2.45) is 0 Å². The quantitative estimate of drug-likeness (QED) is 0.541. The fraction of sp³-hybridized carbons (Fsp3) is 0.200. The average molecular weight is 380 g/mol. The highest BCUT2D eigenvalue weighted by Crippen LogP contribution is 2.24. The van der Waals surface area contributed by atoms with E-state index in [9.17, 15) is 4.79 Å². The Hall–Kier alpha value is -2.99. The van der Waals surface area contributed by atoms with E-state index in [1.807, 2.05) is 49.4 Å². The Balaban J connectivity index is 1.77. The van der Waals surface area contributed by atoms with Crippen molar-refractivity contribution in [3.05, 3.63) is 70.2 Å². The number of pyridine rings is 1. The molecule has 0 aliphatic rings. The number of benzene rings is 2. The predicted octanol–water partition coefficient (Wildman–Crippen LogP) is 3.79. The molecule has 1 amide bonds. The lowest BCUT2D eigenvalue weighted by Crippen LogP contribution is -2.28. The van der Waals surface area contributed by atoms with Gasteiger partial charge in [-0.1, -0.05) is 48.0 Å². The Kier molecular flexibility index (Phi) is 4.49. The van der Waals surface area contributed by atoms with E-state index < -0.39 is 0 Å². The average Bonchev–Trinajstić information content (AvgIpc) is 3.12. The van der Waals surface area contributed by atoms with Crippen LogP contribution in [-0.4, -0.2) is 30.8 Å². The van der Waals surface area contributed by atoms with Crippen molar-refractivity contribution in [2.45, 2.75) is 26.9 Å². The van der Waals surface area contributed by atoms with Gasteiger partial charge in [-0.15, -0.1) is 5.10 Å². The highest BCUT2D eigenvalue weighted by molar-refractivity contribution is 6.31. The number of fused-ring (bicyclic) bond motifs is 3. The minimum absolute atomic E-state index is 0.0371. The van der Waals surface area contributed by atoms with E-state index in [1.165, 1.54) is 0 Å². The van der Waals surface area contributed by atoms with Crippen LogP contribution in [0.15, 0.2) is 48.5 Å². The maximum Gasteiger partial charge on any atom is 0.220 e. The second-order valence-electron chi connectivity index (χ2n) is 6.56. The Morgan fingerprint density at radius 1 is 1.11 bits per heavy atom. The summed E-state index contributed by atoms with van der Waals surface area (Å²) in [5.74, 6) is -0.0371. The summed E-state index contributed by atoms with van der Waals surface area (Å²) < 4.78 is 1.74. The van der Waals surface area contributed by atoms with Gasteiger partial charge in [0.2, 0.25) is 5.91 Å². The molecule has 6 nitrogen and oxygen atoms in total. The molecule has 0 atom stereocenters. The van der Waals surface area contributed by atoms with Gasteiger partial charge in [0.1, 0.15) is 0 Å². The SMILES string of the molecule is CC(=O)N(Cc1ccccc1Cl)Cc1cc2cccc(C)c2n2nnnc12. The van der Waals surface area contributed by atoms with Crippen molar-refractivity contribution in [3.63, 3.8) is 0 Å². The molecular weight excluding hydrogens is 362 g/mol. The molecule has 7 heteroatoms. The predicted molar refractivity (Wildman–Crippen MR) is 104 cm³/mol. The van der Waals surface area contributed by atoms with Gasteiger partial charge in [0, 0.05) is 36.0 Å². The van der Waals surface area contributed by atoms with Crippen molar-refractivity contribution in [3.8, 4) is 0 Å². The molecule has 136 valence electrons. The molecule has 0 saturated heterocycles. The molecule has 0 unspecified atom stereocenters. The van der Waals surface area contributed by atoms with Gasteiger partial charge in [0.15, 0.2) is 5.65 Å². The summed E-state index contributed by atoms with van der Waals surface area (Å²) in [6.45, 7) is 4.41. The number of rotatable bonds is 4. The van der Waals surface area contributed by atoms with E-state index in [4.69, 9.17) is 11.6 Å². The molecule has 0 radical (unpaired) electrons. The van der Waals surface area contributed by atoms with Gasteiger partial charge >= 0.3 is 0 Å². The van der Waals surface area contributed by atoms with Crippen LogP contribution in [0, 0.1) is 6.92 Å². The van der Waals surface area contributed by atoms with E-state index in [2.05, 4.69) is 21.6 Å². The standard InChI is InChI=1S/C20H18ClN5O/c1-13-6-5-8-15-10-17(20-22-23-24-26(20)19(13)15)12-25(14(2)27)11-16-7-3-4-9-18(16)21/h3-10H,11-12H2,1-2H3. The van der Waals surface area contributed by atoms with Crippen LogP contribution < -0.4 is 0 Å². The first-order valence-electron chi connectivity index (χ1n) is 8.63. The van der Waals surface area contributed by atoms with Crippen molar-refractivity contribution in [1.29, 1.82) is 0 Å².